The third-order valence-electron chi connectivity index (χ3n) is 6.03. The van der Waals surface area contributed by atoms with Crippen LogP contribution in [-0.4, -0.2) is 51.6 Å². The zero-order valence-corrected chi connectivity index (χ0v) is 21.2. The number of fused-ring (bicyclic) bond motifs is 1. The summed E-state index contributed by atoms with van der Waals surface area (Å²) in [6.45, 7) is 6.70. The highest BCUT2D eigenvalue weighted by Crippen LogP contribution is 2.40. The number of benzene rings is 2. The van der Waals surface area contributed by atoms with Gasteiger partial charge in [-0.25, -0.2) is 4.98 Å². The van der Waals surface area contributed by atoms with Crippen molar-refractivity contribution in [3.05, 3.63) is 77.5 Å². The lowest BCUT2D eigenvalue weighted by molar-refractivity contribution is 0.0735. The molecule has 0 spiro atoms. The van der Waals surface area contributed by atoms with Crippen LogP contribution in [0.4, 0.5) is 0 Å². The number of aromatic hydroxyl groups is 1. The highest BCUT2D eigenvalue weighted by atomic mass is 35.5. The highest BCUT2D eigenvalue weighted by molar-refractivity contribution is 6.10. The van der Waals surface area contributed by atoms with Gasteiger partial charge < -0.3 is 20.1 Å². The largest absolute Gasteiger partial charge is 0.493 e. The molecule has 0 saturated carbocycles. The number of piperazine rings is 1. The Morgan fingerprint density at radius 3 is 2.31 bits per heavy atom. The van der Waals surface area contributed by atoms with Gasteiger partial charge in [0.2, 0.25) is 11.8 Å². The number of ether oxygens (including phenoxy) is 1. The summed E-state index contributed by atoms with van der Waals surface area (Å²) < 4.78 is 8.47. The summed E-state index contributed by atoms with van der Waals surface area (Å²) in [6.07, 6.45) is 1.55. The summed E-state index contributed by atoms with van der Waals surface area (Å²) in [5, 5.41) is 14.1. The van der Waals surface area contributed by atoms with E-state index in [1.165, 1.54) is 0 Å². The predicted octanol–water partition coefficient (Wildman–Crippen LogP) is 5.03. The molecule has 0 bridgehead atoms. The van der Waals surface area contributed by atoms with Gasteiger partial charge in [-0.1, -0.05) is 36.4 Å². The molecule has 5 rings (SSSR count). The number of aryl methyl sites for hydroxylation is 2. The van der Waals surface area contributed by atoms with Crippen molar-refractivity contribution in [2.75, 3.05) is 26.2 Å². The van der Waals surface area contributed by atoms with Crippen LogP contribution in [0, 0.1) is 13.8 Å². The van der Waals surface area contributed by atoms with E-state index in [1.54, 1.807) is 12.3 Å². The van der Waals surface area contributed by atoms with Crippen LogP contribution in [-0.2, 0) is 0 Å². The van der Waals surface area contributed by atoms with E-state index >= 15 is 0 Å². The lowest BCUT2D eigenvalue weighted by Crippen LogP contribution is -2.46. The molecule has 184 valence electrons. The van der Waals surface area contributed by atoms with E-state index in [-0.39, 0.29) is 36.6 Å². The Kier molecular flexibility index (Phi) is 8.27. The fourth-order valence-electron chi connectivity index (χ4n) is 4.37. The van der Waals surface area contributed by atoms with Gasteiger partial charge in [0, 0.05) is 49.5 Å². The lowest BCUT2D eigenvalue weighted by Gasteiger charge is -2.27. The topological polar surface area (TPSA) is 79.6 Å². The van der Waals surface area contributed by atoms with Gasteiger partial charge in [-0.2, -0.15) is 0 Å². The monoisotopic (exact) mass is 514 g/mol. The number of pyridine rings is 1. The Bertz CT molecular complexity index is 1320. The number of hydrogen-bond acceptors (Lipinski definition) is 5. The van der Waals surface area contributed by atoms with Crippen molar-refractivity contribution in [2.24, 2.45) is 0 Å². The fourth-order valence-corrected chi connectivity index (χ4v) is 4.37. The number of carbonyl (C=O) groups is 1. The average molecular weight is 515 g/mol. The smallest absolute Gasteiger partial charge is 0.260 e. The Balaban J connectivity index is 0.00000171. The summed E-state index contributed by atoms with van der Waals surface area (Å²) >= 11 is 0. The Hall–Kier alpha value is -3.26. The van der Waals surface area contributed by atoms with Gasteiger partial charge in [0.15, 0.2) is 0 Å². The molecule has 3 heterocycles. The molecule has 2 aromatic heterocycles. The van der Waals surface area contributed by atoms with Gasteiger partial charge in [0.25, 0.3) is 5.91 Å². The maximum absolute atomic E-state index is 13.8. The molecule has 0 radical (unpaired) electrons. The Morgan fingerprint density at radius 1 is 1.00 bits per heavy atom. The SMILES string of the molecule is Cc1cccc(C)c1Oc1c(C(=O)N2CCNCC2)c2cnc(O)cc2n1-c1ccccc1.Cl.Cl. The standard InChI is InChI=1S/C26H26N4O3.2ClH/c1-17-7-6-8-18(2)24(17)33-26-23(25(32)29-13-11-27-12-14-29)20-16-28-22(31)15-21(20)30(26)19-9-4-3-5-10-19;;/h3-10,15-16,27H,11-14H2,1-2H3,(H,28,31);2*1H. The van der Waals surface area contributed by atoms with E-state index in [1.807, 2.05) is 71.8 Å². The normalized spacial score (nSPS) is 13.1. The first-order valence-corrected chi connectivity index (χ1v) is 11.1. The van der Waals surface area contributed by atoms with Crippen molar-refractivity contribution in [1.82, 2.24) is 19.8 Å². The molecule has 2 N–H and O–H groups in total. The van der Waals surface area contributed by atoms with E-state index in [9.17, 15) is 9.90 Å². The summed E-state index contributed by atoms with van der Waals surface area (Å²) in [6, 6.07) is 17.2. The molecule has 1 aliphatic heterocycles. The van der Waals surface area contributed by atoms with Gasteiger partial charge in [-0.15, -0.1) is 24.8 Å². The molecule has 0 aliphatic carbocycles. The number of aromatic nitrogens is 2. The summed E-state index contributed by atoms with van der Waals surface area (Å²) in [5.41, 5.74) is 3.89. The van der Waals surface area contributed by atoms with Gasteiger partial charge in [0.05, 0.1) is 5.52 Å². The van der Waals surface area contributed by atoms with E-state index < -0.39 is 0 Å². The van der Waals surface area contributed by atoms with E-state index in [2.05, 4.69) is 10.3 Å². The molecule has 1 saturated heterocycles. The Morgan fingerprint density at radius 2 is 1.66 bits per heavy atom. The first-order chi connectivity index (χ1) is 16.0. The van der Waals surface area contributed by atoms with Gasteiger partial charge >= 0.3 is 0 Å². The number of carbonyl (C=O) groups excluding carboxylic acids is 1. The lowest BCUT2D eigenvalue weighted by atomic mass is 10.1. The molecule has 2 aromatic carbocycles. The van der Waals surface area contributed by atoms with Gasteiger partial charge in [-0.3, -0.25) is 9.36 Å². The molecular formula is C26H28Cl2N4O3. The molecule has 35 heavy (non-hydrogen) atoms. The van der Waals surface area contributed by atoms with Crippen LogP contribution in [0.3, 0.4) is 0 Å². The van der Waals surface area contributed by atoms with Crippen LogP contribution in [0.5, 0.6) is 17.5 Å². The first-order valence-electron chi connectivity index (χ1n) is 11.1. The van der Waals surface area contributed by atoms with Crippen molar-refractivity contribution in [3.8, 4) is 23.2 Å². The number of nitrogens with zero attached hydrogens (tertiary/aromatic N) is 3. The van der Waals surface area contributed by atoms with Crippen LogP contribution < -0.4 is 10.1 Å². The van der Waals surface area contributed by atoms with Crippen LogP contribution in [0.1, 0.15) is 21.5 Å². The molecule has 9 heteroatoms. The van der Waals surface area contributed by atoms with Crippen LogP contribution >= 0.6 is 24.8 Å². The number of para-hydroxylation sites is 2. The van der Waals surface area contributed by atoms with Crippen molar-refractivity contribution >= 4 is 41.6 Å². The first kappa shape index (κ1) is 26.3. The number of amides is 1. The second-order valence-electron chi connectivity index (χ2n) is 8.28. The molecule has 4 aromatic rings. The minimum Gasteiger partial charge on any atom is -0.493 e. The third-order valence-corrected chi connectivity index (χ3v) is 6.03. The van der Waals surface area contributed by atoms with Gasteiger partial charge in [0.1, 0.15) is 11.3 Å². The molecule has 1 fully saturated rings. The van der Waals surface area contributed by atoms with Crippen molar-refractivity contribution in [1.29, 1.82) is 0 Å². The van der Waals surface area contributed by atoms with Crippen molar-refractivity contribution < 1.29 is 14.6 Å². The second kappa shape index (κ2) is 11.0. The third kappa shape index (κ3) is 4.93. The van der Waals surface area contributed by atoms with Crippen LogP contribution in [0.25, 0.3) is 16.6 Å². The second-order valence-corrected chi connectivity index (χ2v) is 8.28. The van der Waals surface area contributed by atoms with Crippen molar-refractivity contribution in [3.63, 3.8) is 0 Å². The molecular weight excluding hydrogens is 487 g/mol. The van der Waals surface area contributed by atoms with Crippen LogP contribution in [0.15, 0.2) is 60.8 Å². The quantitative estimate of drug-likeness (QED) is 0.399. The molecule has 1 aliphatic rings. The Labute approximate surface area is 216 Å². The fraction of sp³-hybridized carbons (Fsp3) is 0.231. The highest BCUT2D eigenvalue weighted by Gasteiger charge is 2.30. The van der Waals surface area contributed by atoms with E-state index in [0.29, 0.717) is 41.2 Å². The van der Waals surface area contributed by atoms with E-state index in [0.717, 1.165) is 29.9 Å². The number of nitrogens with one attached hydrogen (secondary N) is 1. The van der Waals surface area contributed by atoms with Crippen molar-refractivity contribution in [2.45, 2.75) is 13.8 Å². The number of hydrogen-bond donors (Lipinski definition) is 2. The van der Waals surface area contributed by atoms with E-state index in [4.69, 9.17) is 4.74 Å². The minimum absolute atomic E-state index is 0. The van der Waals surface area contributed by atoms with Crippen LogP contribution in [0.2, 0.25) is 0 Å². The maximum atomic E-state index is 13.8. The summed E-state index contributed by atoms with van der Waals surface area (Å²) in [7, 11) is 0. The van der Waals surface area contributed by atoms with Gasteiger partial charge in [-0.05, 0) is 37.1 Å². The summed E-state index contributed by atoms with van der Waals surface area (Å²) in [5.74, 6) is 0.912. The zero-order valence-electron chi connectivity index (χ0n) is 19.5. The summed E-state index contributed by atoms with van der Waals surface area (Å²) in [4.78, 5) is 19.8. The average Bonchev–Trinajstić information content (AvgIpc) is 3.15. The molecule has 7 nitrogen and oxygen atoms in total. The number of rotatable bonds is 4. The predicted molar refractivity (Wildman–Crippen MR) is 142 cm³/mol. The zero-order chi connectivity index (χ0) is 22.9. The number of halogens is 2. The molecule has 0 unspecified atom stereocenters. The minimum atomic E-state index is -0.114. The molecule has 1 amide bonds. The maximum Gasteiger partial charge on any atom is 0.260 e. The molecule has 0 atom stereocenters.